The first-order valence-corrected chi connectivity index (χ1v) is 6.84. The highest BCUT2D eigenvalue weighted by Crippen LogP contribution is 2.27. The van der Waals surface area contributed by atoms with Crippen LogP contribution in [0.25, 0.3) is 0 Å². The zero-order valence-electron chi connectivity index (χ0n) is 10.9. The van der Waals surface area contributed by atoms with Crippen molar-refractivity contribution in [2.75, 3.05) is 0 Å². The van der Waals surface area contributed by atoms with E-state index in [9.17, 15) is 4.39 Å². The van der Waals surface area contributed by atoms with Gasteiger partial charge in [0.05, 0.1) is 0 Å². The van der Waals surface area contributed by atoms with Crippen LogP contribution in [-0.2, 0) is 6.61 Å². The van der Waals surface area contributed by atoms with Crippen LogP contribution >= 0.6 is 23.2 Å². The number of halogens is 3. The Balaban J connectivity index is 2.18. The molecule has 2 nitrogen and oxygen atoms in total. The van der Waals surface area contributed by atoms with Gasteiger partial charge in [0.25, 0.3) is 0 Å². The Bertz CT molecular complexity index is 617. The predicted octanol–water partition coefficient (Wildman–Crippen LogP) is 4.73. The van der Waals surface area contributed by atoms with Crippen molar-refractivity contribution in [2.24, 2.45) is 5.73 Å². The number of nitrogens with two attached hydrogens (primary N) is 1. The first kappa shape index (κ1) is 15.1. The van der Waals surface area contributed by atoms with E-state index >= 15 is 0 Å². The second-order valence-corrected chi connectivity index (χ2v) is 5.34. The third-order valence-corrected chi connectivity index (χ3v) is 3.45. The molecule has 2 aromatic rings. The minimum atomic E-state index is -0.339. The Labute approximate surface area is 127 Å². The Morgan fingerprint density at radius 1 is 1.20 bits per heavy atom. The van der Waals surface area contributed by atoms with E-state index < -0.39 is 0 Å². The van der Waals surface area contributed by atoms with Crippen molar-refractivity contribution in [2.45, 2.75) is 19.6 Å². The number of ether oxygens (including phenoxy) is 1. The molecule has 0 heterocycles. The standard InChI is InChI=1S/C15H14Cl2FNO/c1-9(19)13-7-12(18)4-5-15(13)20-8-10-2-3-11(16)6-14(10)17/h2-7,9H,8,19H2,1H3/t9-/m0/s1. The number of hydrogen-bond donors (Lipinski definition) is 1. The van der Waals surface area contributed by atoms with Gasteiger partial charge in [0.1, 0.15) is 18.2 Å². The van der Waals surface area contributed by atoms with Crippen LogP contribution in [0.4, 0.5) is 4.39 Å². The van der Waals surface area contributed by atoms with E-state index in [2.05, 4.69) is 0 Å². The van der Waals surface area contributed by atoms with Crippen LogP contribution in [0.2, 0.25) is 10.0 Å². The second-order valence-electron chi connectivity index (χ2n) is 4.50. The van der Waals surface area contributed by atoms with Gasteiger partial charge in [-0.05, 0) is 37.3 Å². The van der Waals surface area contributed by atoms with Crippen LogP contribution in [-0.4, -0.2) is 0 Å². The molecule has 0 aromatic heterocycles. The van der Waals surface area contributed by atoms with Gasteiger partial charge in [0.15, 0.2) is 0 Å². The molecular formula is C15H14Cl2FNO. The summed E-state index contributed by atoms with van der Waals surface area (Å²) in [4.78, 5) is 0. The topological polar surface area (TPSA) is 35.2 Å². The van der Waals surface area contributed by atoms with E-state index in [-0.39, 0.29) is 18.5 Å². The highest BCUT2D eigenvalue weighted by molar-refractivity contribution is 6.35. The summed E-state index contributed by atoms with van der Waals surface area (Å²) in [5.74, 6) is 0.210. The summed E-state index contributed by atoms with van der Waals surface area (Å²) in [6.45, 7) is 2.04. The van der Waals surface area contributed by atoms with Crippen LogP contribution in [0.1, 0.15) is 24.1 Å². The average molecular weight is 314 g/mol. The molecule has 5 heteroatoms. The van der Waals surface area contributed by atoms with E-state index in [0.717, 1.165) is 5.56 Å². The summed E-state index contributed by atoms with van der Waals surface area (Å²) in [5.41, 5.74) is 7.23. The molecule has 0 radical (unpaired) electrons. The van der Waals surface area contributed by atoms with Gasteiger partial charge in [-0.3, -0.25) is 0 Å². The lowest BCUT2D eigenvalue weighted by Gasteiger charge is -2.14. The minimum absolute atomic E-state index is 0.265. The van der Waals surface area contributed by atoms with Gasteiger partial charge in [-0.15, -0.1) is 0 Å². The first-order chi connectivity index (χ1) is 9.47. The van der Waals surface area contributed by atoms with Crippen molar-refractivity contribution in [3.05, 3.63) is 63.4 Å². The third kappa shape index (κ3) is 3.63. The van der Waals surface area contributed by atoms with E-state index in [1.54, 1.807) is 31.2 Å². The van der Waals surface area contributed by atoms with Crippen molar-refractivity contribution in [3.8, 4) is 5.75 Å². The quantitative estimate of drug-likeness (QED) is 0.885. The summed E-state index contributed by atoms with van der Waals surface area (Å²) in [7, 11) is 0. The fourth-order valence-electron chi connectivity index (χ4n) is 1.80. The van der Waals surface area contributed by atoms with E-state index in [0.29, 0.717) is 21.4 Å². The molecule has 2 aromatic carbocycles. The molecule has 106 valence electrons. The monoisotopic (exact) mass is 313 g/mol. The van der Waals surface area contributed by atoms with Gasteiger partial charge in [0.2, 0.25) is 0 Å². The Morgan fingerprint density at radius 3 is 2.60 bits per heavy atom. The van der Waals surface area contributed by atoms with E-state index in [1.165, 1.54) is 12.1 Å². The van der Waals surface area contributed by atoms with Gasteiger partial charge in [-0.1, -0.05) is 29.3 Å². The summed E-state index contributed by atoms with van der Waals surface area (Å²) in [5, 5.41) is 1.10. The molecule has 0 aliphatic carbocycles. The normalized spacial score (nSPS) is 12.2. The molecule has 0 aliphatic heterocycles. The smallest absolute Gasteiger partial charge is 0.124 e. The minimum Gasteiger partial charge on any atom is -0.489 e. The van der Waals surface area contributed by atoms with Crippen LogP contribution in [0.5, 0.6) is 5.75 Å². The Morgan fingerprint density at radius 2 is 1.95 bits per heavy atom. The van der Waals surface area contributed by atoms with Gasteiger partial charge in [-0.2, -0.15) is 0 Å². The van der Waals surface area contributed by atoms with Crippen LogP contribution in [0.15, 0.2) is 36.4 Å². The van der Waals surface area contributed by atoms with Crippen molar-refractivity contribution >= 4 is 23.2 Å². The molecule has 1 atom stereocenters. The lowest BCUT2D eigenvalue weighted by atomic mass is 10.1. The predicted molar refractivity (Wildman–Crippen MR) is 79.8 cm³/mol. The molecule has 0 saturated heterocycles. The fourth-order valence-corrected chi connectivity index (χ4v) is 2.26. The second kappa shape index (κ2) is 6.44. The highest BCUT2D eigenvalue weighted by atomic mass is 35.5. The zero-order valence-corrected chi connectivity index (χ0v) is 12.4. The van der Waals surface area contributed by atoms with Crippen molar-refractivity contribution in [1.82, 2.24) is 0 Å². The summed E-state index contributed by atoms with van der Waals surface area (Å²) in [6.07, 6.45) is 0. The maximum absolute atomic E-state index is 13.2. The van der Waals surface area contributed by atoms with Crippen LogP contribution in [0.3, 0.4) is 0 Å². The molecule has 2 rings (SSSR count). The lowest BCUT2D eigenvalue weighted by Crippen LogP contribution is -2.08. The maximum Gasteiger partial charge on any atom is 0.124 e. The SMILES string of the molecule is C[C@H](N)c1cc(F)ccc1OCc1ccc(Cl)cc1Cl. The lowest BCUT2D eigenvalue weighted by molar-refractivity contribution is 0.301. The molecule has 0 amide bonds. The first-order valence-electron chi connectivity index (χ1n) is 6.09. The molecule has 0 unspecified atom stereocenters. The van der Waals surface area contributed by atoms with Crippen molar-refractivity contribution < 1.29 is 9.13 Å². The Kier molecular flexibility index (Phi) is 4.86. The van der Waals surface area contributed by atoms with Gasteiger partial charge in [-0.25, -0.2) is 4.39 Å². The molecule has 0 spiro atoms. The highest BCUT2D eigenvalue weighted by Gasteiger charge is 2.10. The van der Waals surface area contributed by atoms with Gasteiger partial charge < -0.3 is 10.5 Å². The number of rotatable bonds is 4. The van der Waals surface area contributed by atoms with Crippen LogP contribution in [0, 0.1) is 5.82 Å². The summed E-state index contributed by atoms with van der Waals surface area (Å²) < 4.78 is 18.9. The van der Waals surface area contributed by atoms with Crippen LogP contribution < -0.4 is 10.5 Å². The molecule has 0 aliphatic rings. The Hall–Kier alpha value is -1.29. The van der Waals surface area contributed by atoms with Crippen molar-refractivity contribution in [3.63, 3.8) is 0 Å². The van der Waals surface area contributed by atoms with E-state index in [4.69, 9.17) is 33.7 Å². The fraction of sp³-hybridized carbons (Fsp3) is 0.200. The molecule has 2 N–H and O–H groups in total. The van der Waals surface area contributed by atoms with Gasteiger partial charge in [0, 0.05) is 27.2 Å². The number of hydrogen-bond acceptors (Lipinski definition) is 2. The molecule has 20 heavy (non-hydrogen) atoms. The van der Waals surface area contributed by atoms with Crippen molar-refractivity contribution in [1.29, 1.82) is 0 Å². The molecule has 0 bridgehead atoms. The van der Waals surface area contributed by atoms with Gasteiger partial charge >= 0.3 is 0 Å². The summed E-state index contributed by atoms with van der Waals surface area (Å²) in [6, 6.07) is 9.15. The average Bonchev–Trinajstić information content (AvgIpc) is 2.38. The zero-order chi connectivity index (χ0) is 14.7. The molecule has 0 saturated carbocycles. The molecule has 0 fully saturated rings. The summed E-state index contributed by atoms with van der Waals surface area (Å²) >= 11 is 11.9. The number of benzene rings is 2. The largest absolute Gasteiger partial charge is 0.489 e. The third-order valence-electron chi connectivity index (χ3n) is 2.86. The molecular weight excluding hydrogens is 300 g/mol. The van der Waals surface area contributed by atoms with E-state index in [1.807, 2.05) is 0 Å². The maximum atomic E-state index is 13.2.